The number of nitrogens with one attached hydrogen (secondary N) is 1. The Morgan fingerprint density at radius 3 is 2.96 bits per heavy atom. The molecule has 136 valence electrons. The van der Waals surface area contributed by atoms with Gasteiger partial charge >= 0.3 is 0 Å². The Balaban J connectivity index is 1.47. The second-order valence-corrected chi connectivity index (χ2v) is 6.78. The number of furan rings is 1. The van der Waals surface area contributed by atoms with Crippen molar-refractivity contribution in [2.75, 3.05) is 0 Å². The van der Waals surface area contributed by atoms with Crippen molar-refractivity contribution in [1.29, 1.82) is 0 Å². The number of carbonyl (C=O) groups excluding carboxylic acids is 1. The zero-order chi connectivity index (χ0) is 18.1. The van der Waals surface area contributed by atoms with E-state index in [1.165, 1.54) is 0 Å². The number of amides is 1. The highest BCUT2D eigenvalue weighted by atomic mass is 16.4. The number of aromatic nitrogens is 4. The number of hydrogen-bond donors (Lipinski definition) is 2. The van der Waals surface area contributed by atoms with Gasteiger partial charge in [-0.15, -0.1) is 0 Å². The van der Waals surface area contributed by atoms with Crippen molar-refractivity contribution in [2.45, 2.75) is 31.5 Å². The molecule has 3 heterocycles. The predicted molar refractivity (Wildman–Crippen MR) is 92.2 cm³/mol. The molecule has 4 rings (SSSR count). The molecule has 1 aliphatic rings. The summed E-state index contributed by atoms with van der Waals surface area (Å²) in [4.78, 5) is 16.7. The molecule has 2 N–H and O–H groups in total. The molecule has 1 aliphatic carbocycles. The molecule has 0 aliphatic heterocycles. The van der Waals surface area contributed by atoms with Crippen molar-refractivity contribution in [2.24, 2.45) is 13.0 Å². The van der Waals surface area contributed by atoms with Gasteiger partial charge in [-0.1, -0.05) is 0 Å². The SMILES string of the molecule is Cn1cc(C(NC(=O)c2ccc(Cn3ccnc3)o2)C2CC(O)C2)cn1. The number of rotatable bonds is 6. The minimum Gasteiger partial charge on any atom is -0.454 e. The standard InChI is InChI=1S/C18H21N5O3/c1-22-9-13(8-20-22)17(12-6-14(24)7-12)21-18(25)16-3-2-15(26-16)10-23-5-4-19-11-23/h2-5,8-9,11-12,14,17,24H,6-7,10H2,1H3,(H,21,25). The van der Waals surface area contributed by atoms with Crippen molar-refractivity contribution >= 4 is 5.91 Å². The smallest absolute Gasteiger partial charge is 0.287 e. The first kappa shape index (κ1) is 16.6. The van der Waals surface area contributed by atoms with Crippen LogP contribution in [0.15, 0.2) is 47.7 Å². The lowest BCUT2D eigenvalue weighted by molar-refractivity contribution is 0.0232. The normalized spacial score (nSPS) is 20.5. The molecule has 1 amide bonds. The fourth-order valence-electron chi connectivity index (χ4n) is 3.33. The van der Waals surface area contributed by atoms with Crippen LogP contribution >= 0.6 is 0 Å². The average Bonchev–Trinajstić information content (AvgIpc) is 3.32. The summed E-state index contributed by atoms with van der Waals surface area (Å²) >= 11 is 0. The van der Waals surface area contributed by atoms with Crippen LogP contribution in [0.1, 0.15) is 40.8 Å². The third kappa shape index (κ3) is 3.41. The molecule has 1 unspecified atom stereocenters. The lowest BCUT2D eigenvalue weighted by Crippen LogP contribution is -2.41. The van der Waals surface area contributed by atoms with Crippen molar-refractivity contribution in [3.63, 3.8) is 0 Å². The zero-order valence-corrected chi connectivity index (χ0v) is 14.4. The molecule has 3 aromatic heterocycles. The van der Waals surface area contributed by atoms with Crippen LogP contribution in [0.3, 0.4) is 0 Å². The van der Waals surface area contributed by atoms with E-state index in [9.17, 15) is 9.90 Å². The molecule has 0 radical (unpaired) electrons. The van der Waals surface area contributed by atoms with Crippen LogP contribution in [0.4, 0.5) is 0 Å². The topological polar surface area (TPSA) is 98.1 Å². The molecule has 0 aromatic carbocycles. The van der Waals surface area contributed by atoms with Crippen molar-refractivity contribution in [1.82, 2.24) is 24.6 Å². The van der Waals surface area contributed by atoms with Crippen LogP contribution in [0.25, 0.3) is 0 Å². The largest absolute Gasteiger partial charge is 0.454 e. The highest BCUT2D eigenvalue weighted by molar-refractivity contribution is 5.91. The molecular weight excluding hydrogens is 334 g/mol. The first-order chi connectivity index (χ1) is 12.6. The van der Waals surface area contributed by atoms with Gasteiger partial charge in [-0.2, -0.15) is 5.10 Å². The Hall–Kier alpha value is -2.87. The van der Waals surface area contributed by atoms with E-state index in [1.54, 1.807) is 35.5 Å². The van der Waals surface area contributed by atoms with Crippen LogP contribution in [0, 0.1) is 5.92 Å². The van der Waals surface area contributed by atoms with E-state index < -0.39 is 0 Å². The third-order valence-electron chi connectivity index (χ3n) is 4.77. The Labute approximate surface area is 150 Å². The van der Waals surface area contributed by atoms with Crippen LogP contribution in [0.2, 0.25) is 0 Å². The summed E-state index contributed by atoms with van der Waals surface area (Å²) in [6.07, 6.45) is 9.92. The average molecular weight is 355 g/mol. The summed E-state index contributed by atoms with van der Waals surface area (Å²) in [5, 5.41) is 16.9. The van der Waals surface area contributed by atoms with Gasteiger partial charge < -0.3 is 19.4 Å². The van der Waals surface area contributed by atoms with Crippen molar-refractivity contribution < 1.29 is 14.3 Å². The minimum atomic E-state index is -0.290. The molecule has 26 heavy (non-hydrogen) atoms. The predicted octanol–water partition coefficient (Wildman–Crippen LogP) is 1.50. The summed E-state index contributed by atoms with van der Waals surface area (Å²) in [5.74, 6) is 0.884. The fraction of sp³-hybridized carbons (Fsp3) is 0.389. The number of aliphatic hydroxyl groups excluding tert-OH is 1. The van der Waals surface area contributed by atoms with Crippen LogP contribution in [-0.4, -0.2) is 36.4 Å². The molecule has 8 heteroatoms. The molecular formula is C18H21N5O3. The Morgan fingerprint density at radius 1 is 1.46 bits per heavy atom. The lowest BCUT2D eigenvalue weighted by Gasteiger charge is -2.37. The molecule has 0 bridgehead atoms. The first-order valence-electron chi connectivity index (χ1n) is 8.60. The van der Waals surface area contributed by atoms with Gasteiger partial charge in [-0.25, -0.2) is 4.98 Å². The fourth-order valence-corrected chi connectivity index (χ4v) is 3.33. The van der Waals surface area contributed by atoms with E-state index in [0.29, 0.717) is 25.1 Å². The molecule has 1 fully saturated rings. The van der Waals surface area contributed by atoms with E-state index in [4.69, 9.17) is 4.42 Å². The van der Waals surface area contributed by atoms with Crippen LogP contribution in [0.5, 0.6) is 0 Å². The zero-order valence-electron chi connectivity index (χ0n) is 14.4. The monoisotopic (exact) mass is 355 g/mol. The summed E-state index contributed by atoms with van der Waals surface area (Å²) in [7, 11) is 1.84. The maximum absolute atomic E-state index is 12.7. The number of hydrogen-bond acceptors (Lipinski definition) is 5. The highest BCUT2D eigenvalue weighted by Crippen LogP contribution is 2.38. The van der Waals surface area contributed by atoms with Gasteiger partial charge in [0, 0.05) is 31.2 Å². The summed E-state index contributed by atoms with van der Waals surface area (Å²) in [6.45, 7) is 0.522. The lowest BCUT2D eigenvalue weighted by atomic mass is 9.75. The number of aliphatic hydroxyl groups is 1. The van der Waals surface area contributed by atoms with Gasteiger partial charge in [0.05, 0.1) is 31.2 Å². The summed E-state index contributed by atoms with van der Waals surface area (Å²) < 4.78 is 9.26. The second kappa shape index (κ2) is 6.80. The van der Waals surface area contributed by atoms with Gasteiger partial charge in [0.15, 0.2) is 5.76 Å². The van der Waals surface area contributed by atoms with Gasteiger partial charge in [0.25, 0.3) is 5.91 Å². The van der Waals surface area contributed by atoms with Gasteiger partial charge in [-0.3, -0.25) is 9.48 Å². The van der Waals surface area contributed by atoms with Crippen LogP contribution < -0.4 is 5.32 Å². The minimum absolute atomic E-state index is 0.193. The van der Waals surface area contributed by atoms with E-state index >= 15 is 0 Å². The van der Waals surface area contributed by atoms with E-state index in [0.717, 1.165) is 5.56 Å². The number of nitrogens with zero attached hydrogens (tertiary/aromatic N) is 4. The van der Waals surface area contributed by atoms with Crippen molar-refractivity contribution in [3.05, 3.63) is 60.3 Å². The molecule has 1 atom stereocenters. The molecule has 0 spiro atoms. The molecule has 8 nitrogen and oxygen atoms in total. The highest BCUT2D eigenvalue weighted by Gasteiger charge is 2.36. The maximum atomic E-state index is 12.7. The Morgan fingerprint density at radius 2 is 2.31 bits per heavy atom. The quantitative estimate of drug-likeness (QED) is 0.698. The van der Waals surface area contributed by atoms with E-state index in [2.05, 4.69) is 15.4 Å². The Kier molecular flexibility index (Phi) is 4.34. The number of carbonyl (C=O) groups is 1. The number of aryl methyl sites for hydroxylation is 1. The first-order valence-corrected chi connectivity index (χ1v) is 8.60. The number of imidazole rings is 1. The maximum Gasteiger partial charge on any atom is 0.287 e. The van der Waals surface area contributed by atoms with Crippen LogP contribution in [-0.2, 0) is 13.6 Å². The van der Waals surface area contributed by atoms with Gasteiger partial charge in [-0.05, 0) is 30.9 Å². The summed E-state index contributed by atoms with van der Waals surface area (Å²) in [6, 6.07) is 3.28. The van der Waals surface area contributed by atoms with Crippen molar-refractivity contribution in [3.8, 4) is 0 Å². The molecule has 1 saturated carbocycles. The molecule has 3 aromatic rings. The van der Waals surface area contributed by atoms with Gasteiger partial charge in [0.2, 0.25) is 0 Å². The third-order valence-corrected chi connectivity index (χ3v) is 4.77. The summed E-state index contributed by atoms with van der Waals surface area (Å²) in [5.41, 5.74) is 0.933. The van der Waals surface area contributed by atoms with E-state index in [-0.39, 0.29) is 29.7 Å². The Bertz CT molecular complexity index is 876. The van der Waals surface area contributed by atoms with E-state index in [1.807, 2.05) is 24.0 Å². The van der Waals surface area contributed by atoms with Gasteiger partial charge in [0.1, 0.15) is 5.76 Å². The second-order valence-electron chi connectivity index (χ2n) is 6.78. The molecule has 0 saturated heterocycles.